The number of hydrogen-bond donors (Lipinski definition) is 1. The molecule has 0 bridgehead atoms. The zero-order valence-electron chi connectivity index (χ0n) is 13.5. The van der Waals surface area contributed by atoms with Crippen molar-refractivity contribution in [2.75, 3.05) is 21.3 Å². The van der Waals surface area contributed by atoms with Gasteiger partial charge in [0.05, 0.1) is 21.3 Å². The van der Waals surface area contributed by atoms with E-state index in [-0.39, 0.29) is 34.3 Å². The monoisotopic (exact) mass is 332 g/mol. The molecule has 0 unspecified atom stereocenters. The first kappa shape index (κ1) is 17.3. The molecule has 0 aromatic heterocycles. The molecule has 0 aliphatic heterocycles. The number of hydrogen-bond acceptors (Lipinski definition) is 5. The minimum absolute atomic E-state index is 0.0727. The largest absolute Gasteiger partial charge is 0.502 e. The molecule has 0 atom stereocenters. The molecule has 0 spiro atoms. The molecule has 0 radical (unpaired) electrons. The van der Waals surface area contributed by atoms with Crippen molar-refractivity contribution in [2.45, 2.75) is 0 Å². The normalized spacial score (nSPS) is 10.7. The highest BCUT2D eigenvalue weighted by atomic mass is 19.1. The second-order valence-electron chi connectivity index (χ2n) is 4.82. The van der Waals surface area contributed by atoms with Gasteiger partial charge >= 0.3 is 0 Å². The molecule has 24 heavy (non-hydrogen) atoms. The van der Waals surface area contributed by atoms with E-state index in [2.05, 4.69) is 0 Å². The summed E-state index contributed by atoms with van der Waals surface area (Å²) in [5, 5.41) is 9.85. The van der Waals surface area contributed by atoms with Gasteiger partial charge in [0.2, 0.25) is 5.75 Å². The van der Waals surface area contributed by atoms with E-state index >= 15 is 0 Å². The Morgan fingerprint density at radius 2 is 1.58 bits per heavy atom. The Bertz CT molecular complexity index is 758. The van der Waals surface area contributed by atoms with Crippen LogP contribution in [0.3, 0.4) is 0 Å². The number of halogens is 1. The summed E-state index contributed by atoms with van der Waals surface area (Å²) in [6, 6.07) is 7.09. The molecule has 0 saturated heterocycles. The number of aromatic hydroxyl groups is 1. The van der Waals surface area contributed by atoms with Crippen LogP contribution in [-0.2, 0) is 0 Å². The minimum Gasteiger partial charge on any atom is -0.502 e. The molecule has 1 N–H and O–H groups in total. The fraction of sp³-hybridized carbons (Fsp3) is 0.167. The molecule has 0 heterocycles. The Morgan fingerprint density at radius 3 is 2.08 bits per heavy atom. The van der Waals surface area contributed by atoms with Crippen LogP contribution in [0.2, 0.25) is 0 Å². The van der Waals surface area contributed by atoms with Gasteiger partial charge in [0.1, 0.15) is 0 Å². The van der Waals surface area contributed by atoms with Crippen LogP contribution >= 0.6 is 0 Å². The second kappa shape index (κ2) is 7.50. The molecule has 0 fully saturated rings. The van der Waals surface area contributed by atoms with Crippen molar-refractivity contribution < 1.29 is 28.5 Å². The van der Waals surface area contributed by atoms with Crippen LogP contribution in [0.1, 0.15) is 15.9 Å². The maximum absolute atomic E-state index is 13.7. The van der Waals surface area contributed by atoms with Gasteiger partial charge in [-0.2, -0.15) is 0 Å². The van der Waals surface area contributed by atoms with E-state index in [1.165, 1.54) is 45.6 Å². The molecule has 0 saturated carbocycles. The van der Waals surface area contributed by atoms with Gasteiger partial charge in [-0.05, 0) is 42.0 Å². The molecule has 2 rings (SSSR count). The standard InChI is InChI=1S/C18H17FO5/c1-22-15-7-5-12(10-13(15)19)14(20)6-4-11-8-16(23-2)18(21)17(9-11)24-3/h4-10,21H,1-3H3. The van der Waals surface area contributed by atoms with Crippen LogP contribution < -0.4 is 14.2 Å². The highest BCUT2D eigenvalue weighted by Crippen LogP contribution is 2.37. The number of phenolic OH excluding ortho intramolecular Hbond substituents is 1. The summed E-state index contributed by atoms with van der Waals surface area (Å²) in [6.45, 7) is 0. The predicted molar refractivity (Wildman–Crippen MR) is 87.5 cm³/mol. The summed E-state index contributed by atoms with van der Waals surface area (Å²) < 4.78 is 28.6. The summed E-state index contributed by atoms with van der Waals surface area (Å²) in [5.41, 5.74) is 0.783. The second-order valence-corrected chi connectivity index (χ2v) is 4.82. The smallest absolute Gasteiger partial charge is 0.200 e. The van der Waals surface area contributed by atoms with Gasteiger partial charge in [-0.3, -0.25) is 4.79 Å². The molecule has 0 aliphatic carbocycles. The van der Waals surface area contributed by atoms with E-state index in [1.807, 2.05) is 0 Å². The Morgan fingerprint density at radius 1 is 1.00 bits per heavy atom. The maximum Gasteiger partial charge on any atom is 0.200 e. The van der Waals surface area contributed by atoms with E-state index in [9.17, 15) is 14.3 Å². The lowest BCUT2D eigenvalue weighted by atomic mass is 10.1. The van der Waals surface area contributed by atoms with Crippen molar-refractivity contribution in [3.63, 3.8) is 0 Å². The quantitative estimate of drug-likeness (QED) is 0.648. The summed E-state index contributed by atoms with van der Waals surface area (Å²) in [5.74, 6) is -0.592. The van der Waals surface area contributed by atoms with Crippen molar-refractivity contribution in [2.24, 2.45) is 0 Å². The first-order valence-corrected chi connectivity index (χ1v) is 7.01. The molecule has 5 nitrogen and oxygen atoms in total. The molecular weight excluding hydrogens is 315 g/mol. The Balaban J connectivity index is 2.27. The summed E-state index contributed by atoms with van der Waals surface area (Å²) in [7, 11) is 4.17. The zero-order chi connectivity index (χ0) is 17.7. The van der Waals surface area contributed by atoms with Gasteiger partial charge in [0.25, 0.3) is 0 Å². The van der Waals surface area contributed by atoms with Crippen molar-refractivity contribution in [3.8, 4) is 23.0 Å². The van der Waals surface area contributed by atoms with Crippen LogP contribution in [0.15, 0.2) is 36.4 Å². The Kier molecular flexibility index (Phi) is 5.42. The molecule has 6 heteroatoms. The number of benzene rings is 2. The number of phenols is 1. The number of ether oxygens (including phenoxy) is 3. The van der Waals surface area contributed by atoms with E-state index in [0.717, 1.165) is 6.07 Å². The molecule has 2 aromatic carbocycles. The van der Waals surface area contributed by atoms with Crippen molar-refractivity contribution in [1.82, 2.24) is 0 Å². The average molecular weight is 332 g/mol. The van der Waals surface area contributed by atoms with Gasteiger partial charge in [-0.15, -0.1) is 0 Å². The lowest BCUT2D eigenvalue weighted by Crippen LogP contribution is -1.97. The highest BCUT2D eigenvalue weighted by molar-refractivity contribution is 6.06. The van der Waals surface area contributed by atoms with Crippen molar-refractivity contribution in [3.05, 3.63) is 53.4 Å². The zero-order valence-corrected chi connectivity index (χ0v) is 13.5. The first-order valence-electron chi connectivity index (χ1n) is 7.01. The van der Waals surface area contributed by atoms with Gasteiger partial charge < -0.3 is 19.3 Å². The topological polar surface area (TPSA) is 65.0 Å². The predicted octanol–water partition coefficient (Wildman–Crippen LogP) is 3.45. The lowest BCUT2D eigenvalue weighted by molar-refractivity contribution is 0.104. The molecule has 0 aliphatic rings. The van der Waals surface area contributed by atoms with Crippen LogP contribution in [0, 0.1) is 5.82 Å². The number of carbonyl (C=O) groups excluding carboxylic acids is 1. The van der Waals surface area contributed by atoms with E-state index in [0.29, 0.717) is 5.56 Å². The lowest BCUT2D eigenvalue weighted by Gasteiger charge is -2.09. The molecule has 0 amide bonds. The summed E-state index contributed by atoms with van der Waals surface area (Å²) in [4.78, 5) is 12.1. The fourth-order valence-corrected chi connectivity index (χ4v) is 2.10. The van der Waals surface area contributed by atoms with Crippen molar-refractivity contribution in [1.29, 1.82) is 0 Å². The SMILES string of the molecule is COc1ccc(C(=O)C=Cc2cc(OC)c(O)c(OC)c2)cc1F. The first-order chi connectivity index (χ1) is 11.5. The molecular formula is C18H17FO5. The van der Waals surface area contributed by atoms with E-state index < -0.39 is 5.82 Å². The summed E-state index contributed by atoms with van der Waals surface area (Å²) >= 11 is 0. The van der Waals surface area contributed by atoms with E-state index in [1.54, 1.807) is 12.1 Å². The van der Waals surface area contributed by atoms with Gasteiger partial charge in [-0.25, -0.2) is 4.39 Å². The minimum atomic E-state index is -0.607. The molecule has 2 aromatic rings. The fourth-order valence-electron chi connectivity index (χ4n) is 2.10. The molecule has 126 valence electrons. The van der Waals surface area contributed by atoms with Gasteiger partial charge in [0.15, 0.2) is 28.8 Å². The third kappa shape index (κ3) is 3.65. The number of ketones is 1. The number of methoxy groups -OCH3 is 3. The van der Waals surface area contributed by atoms with E-state index in [4.69, 9.17) is 14.2 Å². The maximum atomic E-state index is 13.7. The van der Waals surface area contributed by atoms with Crippen LogP contribution in [-0.4, -0.2) is 32.2 Å². The number of rotatable bonds is 6. The Labute approximate surface area is 138 Å². The van der Waals surface area contributed by atoms with Crippen molar-refractivity contribution >= 4 is 11.9 Å². The van der Waals surface area contributed by atoms with Crippen LogP contribution in [0.4, 0.5) is 4.39 Å². The average Bonchev–Trinajstić information content (AvgIpc) is 2.60. The summed E-state index contributed by atoms with van der Waals surface area (Å²) in [6.07, 6.45) is 2.82. The van der Waals surface area contributed by atoms with Crippen LogP contribution in [0.25, 0.3) is 6.08 Å². The van der Waals surface area contributed by atoms with Gasteiger partial charge in [0, 0.05) is 5.56 Å². The third-order valence-electron chi connectivity index (χ3n) is 3.37. The van der Waals surface area contributed by atoms with Gasteiger partial charge in [-0.1, -0.05) is 6.08 Å². The number of allylic oxidation sites excluding steroid dienone is 1. The van der Waals surface area contributed by atoms with Crippen LogP contribution in [0.5, 0.6) is 23.0 Å². The third-order valence-corrected chi connectivity index (χ3v) is 3.37. The number of carbonyl (C=O) groups is 1. The highest BCUT2D eigenvalue weighted by Gasteiger charge is 2.11. The Hall–Kier alpha value is -3.02.